The predicted octanol–water partition coefficient (Wildman–Crippen LogP) is 3.19. The van der Waals surface area contributed by atoms with Gasteiger partial charge in [0.25, 0.3) is 5.91 Å². The van der Waals surface area contributed by atoms with Crippen LogP contribution in [0.25, 0.3) is 0 Å². The number of aryl methyl sites for hydroxylation is 1. The lowest BCUT2D eigenvalue weighted by atomic mass is 10.1. The standard InChI is InChI=1S/C14H13ClN2O2/c1-8-5-6-12(18)9(7-8)14(19)17-13-10(15)3-2-4-11(13)16/h2-7,18H,16H2,1H3,(H,17,19). The smallest absolute Gasteiger partial charge is 0.259 e. The van der Waals surface area contributed by atoms with Crippen LogP contribution in [0.5, 0.6) is 5.75 Å². The molecule has 0 fully saturated rings. The SMILES string of the molecule is Cc1ccc(O)c(C(=O)Nc2c(N)cccc2Cl)c1. The number of benzene rings is 2. The van der Waals surface area contributed by atoms with Gasteiger partial charge >= 0.3 is 0 Å². The van der Waals surface area contributed by atoms with Crippen LogP contribution in [0.15, 0.2) is 36.4 Å². The second-order valence-electron chi connectivity index (χ2n) is 4.18. The van der Waals surface area contributed by atoms with Gasteiger partial charge in [-0.1, -0.05) is 29.3 Å². The summed E-state index contributed by atoms with van der Waals surface area (Å²) in [6, 6.07) is 9.74. The molecule has 0 atom stereocenters. The zero-order valence-electron chi connectivity index (χ0n) is 10.3. The Kier molecular flexibility index (Phi) is 3.62. The Morgan fingerprint density at radius 3 is 2.74 bits per heavy atom. The maximum atomic E-state index is 12.1. The highest BCUT2D eigenvalue weighted by atomic mass is 35.5. The van der Waals surface area contributed by atoms with Gasteiger partial charge in [-0.05, 0) is 31.2 Å². The number of anilines is 2. The highest BCUT2D eigenvalue weighted by Crippen LogP contribution is 2.29. The first-order chi connectivity index (χ1) is 8.99. The summed E-state index contributed by atoms with van der Waals surface area (Å²) in [5.41, 5.74) is 7.52. The monoisotopic (exact) mass is 276 g/mol. The second-order valence-corrected chi connectivity index (χ2v) is 4.59. The molecule has 0 aliphatic carbocycles. The molecule has 2 aromatic carbocycles. The van der Waals surface area contributed by atoms with E-state index in [0.29, 0.717) is 16.4 Å². The van der Waals surface area contributed by atoms with Crippen LogP contribution < -0.4 is 11.1 Å². The van der Waals surface area contributed by atoms with Crippen molar-refractivity contribution in [2.75, 3.05) is 11.1 Å². The molecule has 4 nitrogen and oxygen atoms in total. The van der Waals surface area contributed by atoms with Gasteiger partial charge in [-0.25, -0.2) is 0 Å². The number of para-hydroxylation sites is 1. The number of phenols is 1. The van der Waals surface area contributed by atoms with E-state index in [0.717, 1.165) is 5.56 Å². The number of aromatic hydroxyl groups is 1. The molecule has 0 saturated carbocycles. The van der Waals surface area contributed by atoms with E-state index in [1.807, 2.05) is 6.92 Å². The van der Waals surface area contributed by atoms with Crippen LogP contribution in [0.2, 0.25) is 5.02 Å². The summed E-state index contributed by atoms with van der Waals surface area (Å²) < 4.78 is 0. The molecule has 2 rings (SSSR count). The minimum atomic E-state index is -0.457. The summed E-state index contributed by atoms with van der Waals surface area (Å²) in [6.07, 6.45) is 0. The third kappa shape index (κ3) is 2.80. The third-order valence-electron chi connectivity index (χ3n) is 2.68. The van der Waals surface area contributed by atoms with E-state index in [1.54, 1.807) is 30.3 Å². The normalized spacial score (nSPS) is 10.2. The number of carbonyl (C=O) groups is 1. The molecular formula is C14H13ClN2O2. The largest absolute Gasteiger partial charge is 0.507 e. The van der Waals surface area contributed by atoms with Crippen LogP contribution >= 0.6 is 11.6 Å². The van der Waals surface area contributed by atoms with Crippen molar-refractivity contribution in [3.8, 4) is 5.75 Å². The summed E-state index contributed by atoms with van der Waals surface area (Å²) in [4.78, 5) is 12.1. The minimum Gasteiger partial charge on any atom is -0.507 e. The Balaban J connectivity index is 2.34. The number of hydrogen-bond acceptors (Lipinski definition) is 3. The number of rotatable bonds is 2. The lowest BCUT2D eigenvalue weighted by Crippen LogP contribution is -2.14. The van der Waals surface area contributed by atoms with E-state index in [4.69, 9.17) is 17.3 Å². The van der Waals surface area contributed by atoms with Crippen LogP contribution in [0.4, 0.5) is 11.4 Å². The fourth-order valence-electron chi connectivity index (χ4n) is 1.69. The van der Waals surface area contributed by atoms with Crippen LogP contribution in [-0.4, -0.2) is 11.0 Å². The molecule has 0 unspecified atom stereocenters. The lowest BCUT2D eigenvalue weighted by molar-refractivity contribution is 0.102. The summed E-state index contributed by atoms with van der Waals surface area (Å²) in [5, 5.41) is 12.7. The highest BCUT2D eigenvalue weighted by molar-refractivity contribution is 6.34. The van der Waals surface area contributed by atoms with Gasteiger partial charge in [-0.2, -0.15) is 0 Å². The molecule has 4 N–H and O–H groups in total. The molecule has 0 aliphatic rings. The van der Waals surface area contributed by atoms with Crippen molar-refractivity contribution in [2.24, 2.45) is 0 Å². The molecule has 0 aliphatic heterocycles. The van der Waals surface area contributed by atoms with Gasteiger partial charge in [0.15, 0.2) is 0 Å². The van der Waals surface area contributed by atoms with E-state index in [1.165, 1.54) is 6.07 Å². The van der Waals surface area contributed by atoms with E-state index in [2.05, 4.69) is 5.32 Å². The summed E-state index contributed by atoms with van der Waals surface area (Å²) >= 11 is 5.97. The maximum Gasteiger partial charge on any atom is 0.259 e. The first-order valence-electron chi connectivity index (χ1n) is 5.64. The molecule has 5 heteroatoms. The van der Waals surface area contributed by atoms with Crippen molar-refractivity contribution in [3.63, 3.8) is 0 Å². The molecule has 98 valence electrons. The molecule has 0 radical (unpaired) electrons. The molecule has 0 spiro atoms. The van der Waals surface area contributed by atoms with Gasteiger partial charge < -0.3 is 16.2 Å². The molecular weight excluding hydrogens is 264 g/mol. The fourth-order valence-corrected chi connectivity index (χ4v) is 1.91. The summed E-state index contributed by atoms with van der Waals surface area (Å²) in [7, 11) is 0. The molecule has 0 heterocycles. The van der Waals surface area contributed by atoms with Crippen LogP contribution in [0.1, 0.15) is 15.9 Å². The number of carbonyl (C=O) groups excluding carboxylic acids is 1. The topological polar surface area (TPSA) is 75.3 Å². The van der Waals surface area contributed by atoms with Gasteiger partial charge in [0, 0.05) is 0 Å². The predicted molar refractivity (Wildman–Crippen MR) is 76.7 cm³/mol. The Hall–Kier alpha value is -2.20. The number of halogens is 1. The van der Waals surface area contributed by atoms with Crippen molar-refractivity contribution in [1.82, 2.24) is 0 Å². The number of nitrogens with two attached hydrogens (primary N) is 1. The maximum absolute atomic E-state index is 12.1. The van der Waals surface area contributed by atoms with E-state index >= 15 is 0 Å². The van der Waals surface area contributed by atoms with E-state index < -0.39 is 5.91 Å². The molecule has 2 aromatic rings. The zero-order chi connectivity index (χ0) is 14.0. The lowest BCUT2D eigenvalue weighted by Gasteiger charge is -2.11. The fraction of sp³-hybridized carbons (Fsp3) is 0.0714. The number of nitrogen functional groups attached to an aromatic ring is 1. The minimum absolute atomic E-state index is 0.0891. The average Bonchev–Trinajstić information content (AvgIpc) is 2.37. The van der Waals surface area contributed by atoms with Crippen molar-refractivity contribution in [3.05, 3.63) is 52.5 Å². The second kappa shape index (κ2) is 5.20. The van der Waals surface area contributed by atoms with Crippen molar-refractivity contribution < 1.29 is 9.90 Å². The van der Waals surface area contributed by atoms with Gasteiger partial charge in [-0.3, -0.25) is 4.79 Å². The molecule has 1 amide bonds. The van der Waals surface area contributed by atoms with Crippen LogP contribution in [0.3, 0.4) is 0 Å². The van der Waals surface area contributed by atoms with Crippen LogP contribution in [0, 0.1) is 6.92 Å². The quantitative estimate of drug-likeness (QED) is 0.737. The van der Waals surface area contributed by atoms with Gasteiger partial charge in [-0.15, -0.1) is 0 Å². The molecule has 0 saturated heterocycles. The number of hydrogen-bond donors (Lipinski definition) is 3. The Bertz CT molecular complexity index is 621. The Morgan fingerprint density at radius 1 is 1.32 bits per heavy atom. The highest BCUT2D eigenvalue weighted by Gasteiger charge is 2.14. The van der Waals surface area contributed by atoms with Crippen molar-refractivity contribution in [1.29, 1.82) is 0 Å². The summed E-state index contributed by atoms with van der Waals surface area (Å²) in [6.45, 7) is 1.83. The Morgan fingerprint density at radius 2 is 2.05 bits per heavy atom. The average molecular weight is 277 g/mol. The van der Waals surface area contributed by atoms with Gasteiger partial charge in [0.1, 0.15) is 5.75 Å². The van der Waals surface area contributed by atoms with Gasteiger partial charge in [0.2, 0.25) is 0 Å². The molecule has 0 aromatic heterocycles. The zero-order valence-corrected chi connectivity index (χ0v) is 11.0. The first-order valence-corrected chi connectivity index (χ1v) is 6.02. The number of amides is 1. The number of nitrogens with one attached hydrogen (secondary N) is 1. The van der Waals surface area contributed by atoms with Gasteiger partial charge in [0.05, 0.1) is 22.0 Å². The van der Waals surface area contributed by atoms with E-state index in [-0.39, 0.29) is 11.3 Å². The first kappa shape index (κ1) is 13.2. The van der Waals surface area contributed by atoms with E-state index in [9.17, 15) is 9.90 Å². The number of phenolic OH excluding ortho intramolecular Hbond substituents is 1. The summed E-state index contributed by atoms with van der Waals surface area (Å²) in [5.74, 6) is -0.547. The molecule has 0 bridgehead atoms. The van der Waals surface area contributed by atoms with Crippen molar-refractivity contribution in [2.45, 2.75) is 6.92 Å². The third-order valence-corrected chi connectivity index (χ3v) is 3.00. The van der Waals surface area contributed by atoms with Crippen molar-refractivity contribution >= 4 is 28.9 Å². The molecule has 19 heavy (non-hydrogen) atoms. The van der Waals surface area contributed by atoms with Crippen LogP contribution in [-0.2, 0) is 0 Å². The Labute approximate surface area is 115 Å².